The molecule has 1 aromatic rings. The van der Waals surface area contributed by atoms with Gasteiger partial charge < -0.3 is 10.1 Å². The Morgan fingerprint density at radius 3 is 2.85 bits per heavy atom. The van der Waals surface area contributed by atoms with Crippen LogP contribution in [0.4, 0.5) is 5.69 Å². The summed E-state index contributed by atoms with van der Waals surface area (Å²) in [4.78, 5) is 11.9. The Kier molecular flexibility index (Phi) is 5.70. The van der Waals surface area contributed by atoms with Gasteiger partial charge in [-0.05, 0) is 30.9 Å². The molecule has 1 aliphatic rings. The highest BCUT2D eigenvalue weighted by Gasteiger charge is 2.22. The average Bonchev–Trinajstić information content (AvgIpc) is 2.43. The van der Waals surface area contributed by atoms with Crippen molar-refractivity contribution in [3.05, 3.63) is 28.2 Å². The van der Waals surface area contributed by atoms with Gasteiger partial charge in [-0.15, -0.1) is 0 Å². The lowest BCUT2D eigenvalue weighted by Gasteiger charge is -2.28. The largest absolute Gasteiger partial charge is 0.368 e. The number of carbonyl (C=O) groups is 1. The van der Waals surface area contributed by atoms with Crippen LogP contribution in [0.2, 0.25) is 10.0 Å². The molecule has 0 aliphatic heterocycles. The number of hydrogen-bond donors (Lipinski definition) is 1. The van der Waals surface area contributed by atoms with E-state index in [1.54, 1.807) is 18.2 Å². The van der Waals surface area contributed by atoms with Crippen molar-refractivity contribution in [1.82, 2.24) is 0 Å². The predicted molar refractivity (Wildman–Crippen MR) is 82.5 cm³/mol. The first-order chi connectivity index (χ1) is 9.58. The number of halogens is 2. The molecular formula is C15H19Cl2NO2. The number of amides is 1. The molecule has 2 rings (SSSR count). The quantitative estimate of drug-likeness (QED) is 0.886. The van der Waals surface area contributed by atoms with E-state index in [-0.39, 0.29) is 18.6 Å². The van der Waals surface area contributed by atoms with Crippen molar-refractivity contribution in [2.24, 2.45) is 5.92 Å². The fourth-order valence-corrected chi connectivity index (χ4v) is 2.85. The third-order valence-electron chi connectivity index (χ3n) is 3.69. The summed E-state index contributed by atoms with van der Waals surface area (Å²) < 4.78 is 5.71. The van der Waals surface area contributed by atoms with E-state index < -0.39 is 0 Å². The second-order valence-electron chi connectivity index (χ2n) is 5.26. The van der Waals surface area contributed by atoms with Crippen LogP contribution in [0, 0.1) is 5.92 Å². The Morgan fingerprint density at radius 2 is 2.10 bits per heavy atom. The zero-order chi connectivity index (χ0) is 14.5. The first-order valence-corrected chi connectivity index (χ1v) is 7.69. The second-order valence-corrected chi connectivity index (χ2v) is 6.05. The highest BCUT2D eigenvalue weighted by Crippen LogP contribution is 2.30. The molecule has 0 bridgehead atoms. The van der Waals surface area contributed by atoms with E-state index in [4.69, 9.17) is 27.9 Å². The van der Waals surface area contributed by atoms with Crippen molar-refractivity contribution >= 4 is 34.8 Å². The topological polar surface area (TPSA) is 38.3 Å². The van der Waals surface area contributed by atoms with Gasteiger partial charge in [-0.1, -0.05) is 49.0 Å². The minimum atomic E-state index is -0.202. The average molecular weight is 316 g/mol. The van der Waals surface area contributed by atoms with Gasteiger partial charge in [0.2, 0.25) is 5.91 Å². The van der Waals surface area contributed by atoms with Crippen LogP contribution in [0.1, 0.15) is 32.6 Å². The van der Waals surface area contributed by atoms with E-state index >= 15 is 0 Å². The predicted octanol–water partition coefficient (Wildman–Crippen LogP) is 4.53. The molecule has 2 atom stereocenters. The summed E-state index contributed by atoms with van der Waals surface area (Å²) in [6.07, 6.45) is 4.82. The molecule has 110 valence electrons. The molecule has 1 amide bonds. The molecule has 2 unspecified atom stereocenters. The van der Waals surface area contributed by atoms with Crippen LogP contribution in [-0.4, -0.2) is 18.6 Å². The zero-order valence-electron chi connectivity index (χ0n) is 11.5. The maximum atomic E-state index is 11.9. The molecule has 0 saturated heterocycles. The molecule has 1 fully saturated rings. The van der Waals surface area contributed by atoms with Crippen LogP contribution < -0.4 is 5.32 Å². The Labute approximate surface area is 129 Å². The SMILES string of the molecule is CC1CCCCC1OCC(=O)Nc1cccc(Cl)c1Cl. The molecule has 0 radical (unpaired) electrons. The van der Waals surface area contributed by atoms with Gasteiger partial charge in [-0.2, -0.15) is 0 Å². The Morgan fingerprint density at radius 1 is 1.35 bits per heavy atom. The lowest BCUT2D eigenvalue weighted by Crippen LogP contribution is -2.29. The van der Waals surface area contributed by atoms with E-state index in [1.807, 2.05) is 0 Å². The lowest BCUT2D eigenvalue weighted by atomic mass is 9.88. The van der Waals surface area contributed by atoms with Crippen molar-refractivity contribution < 1.29 is 9.53 Å². The van der Waals surface area contributed by atoms with Gasteiger partial charge in [-0.3, -0.25) is 4.79 Å². The van der Waals surface area contributed by atoms with Gasteiger partial charge in [0.05, 0.1) is 21.8 Å². The fourth-order valence-electron chi connectivity index (χ4n) is 2.50. The number of nitrogens with one attached hydrogen (secondary N) is 1. The summed E-state index contributed by atoms with van der Waals surface area (Å²) in [6.45, 7) is 2.23. The van der Waals surface area contributed by atoms with Crippen LogP contribution in [0.15, 0.2) is 18.2 Å². The molecule has 1 aliphatic carbocycles. The lowest BCUT2D eigenvalue weighted by molar-refractivity contribution is -0.124. The van der Waals surface area contributed by atoms with Gasteiger partial charge in [0.15, 0.2) is 0 Å². The van der Waals surface area contributed by atoms with Crippen molar-refractivity contribution in [3.8, 4) is 0 Å². The highest BCUT2D eigenvalue weighted by atomic mass is 35.5. The summed E-state index contributed by atoms with van der Waals surface area (Å²) in [5.41, 5.74) is 0.518. The van der Waals surface area contributed by atoms with E-state index in [1.165, 1.54) is 19.3 Å². The number of carbonyl (C=O) groups excluding carboxylic acids is 1. The third-order valence-corrected chi connectivity index (χ3v) is 4.51. The van der Waals surface area contributed by atoms with Crippen LogP contribution in [0.25, 0.3) is 0 Å². The summed E-state index contributed by atoms with van der Waals surface area (Å²) in [5, 5.41) is 3.50. The minimum absolute atomic E-state index is 0.0534. The number of benzene rings is 1. The molecule has 0 aromatic heterocycles. The summed E-state index contributed by atoms with van der Waals surface area (Å²) in [6, 6.07) is 5.14. The molecule has 20 heavy (non-hydrogen) atoms. The molecule has 5 heteroatoms. The van der Waals surface area contributed by atoms with Crippen LogP contribution in [0.5, 0.6) is 0 Å². The van der Waals surface area contributed by atoms with E-state index in [0.29, 0.717) is 21.7 Å². The monoisotopic (exact) mass is 315 g/mol. The minimum Gasteiger partial charge on any atom is -0.368 e. The van der Waals surface area contributed by atoms with Crippen molar-refractivity contribution in [2.75, 3.05) is 11.9 Å². The Bertz CT molecular complexity index is 479. The first kappa shape index (κ1) is 15.6. The highest BCUT2D eigenvalue weighted by molar-refractivity contribution is 6.43. The first-order valence-electron chi connectivity index (χ1n) is 6.93. The smallest absolute Gasteiger partial charge is 0.250 e. The third kappa shape index (κ3) is 4.11. The Balaban J connectivity index is 1.85. The normalized spacial score (nSPS) is 22.6. The van der Waals surface area contributed by atoms with Gasteiger partial charge >= 0.3 is 0 Å². The molecule has 1 saturated carbocycles. The molecule has 1 N–H and O–H groups in total. The number of ether oxygens (including phenoxy) is 1. The fraction of sp³-hybridized carbons (Fsp3) is 0.533. The number of hydrogen-bond acceptors (Lipinski definition) is 2. The standard InChI is InChI=1S/C15H19Cl2NO2/c1-10-5-2-3-8-13(10)20-9-14(19)18-12-7-4-6-11(16)15(12)17/h4,6-7,10,13H,2-3,5,8-9H2,1H3,(H,18,19). The van der Waals surface area contributed by atoms with E-state index in [9.17, 15) is 4.79 Å². The van der Waals surface area contributed by atoms with Gasteiger partial charge in [0.1, 0.15) is 6.61 Å². The van der Waals surface area contributed by atoms with Crippen LogP contribution in [-0.2, 0) is 9.53 Å². The van der Waals surface area contributed by atoms with Crippen molar-refractivity contribution in [2.45, 2.75) is 38.7 Å². The van der Waals surface area contributed by atoms with Gasteiger partial charge in [0, 0.05) is 0 Å². The van der Waals surface area contributed by atoms with Gasteiger partial charge in [-0.25, -0.2) is 0 Å². The van der Waals surface area contributed by atoms with E-state index in [2.05, 4.69) is 12.2 Å². The van der Waals surface area contributed by atoms with Gasteiger partial charge in [0.25, 0.3) is 0 Å². The molecule has 1 aromatic carbocycles. The molecule has 3 nitrogen and oxygen atoms in total. The van der Waals surface area contributed by atoms with Crippen LogP contribution in [0.3, 0.4) is 0 Å². The molecule has 0 spiro atoms. The van der Waals surface area contributed by atoms with Crippen molar-refractivity contribution in [3.63, 3.8) is 0 Å². The number of rotatable bonds is 4. The van der Waals surface area contributed by atoms with Crippen molar-refractivity contribution in [1.29, 1.82) is 0 Å². The summed E-state index contributed by atoms with van der Waals surface area (Å²) >= 11 is 11.9. The zero-order valence-corrected chi connectivity index (χ0v) is 13.0. The second kappa shape index (κ2) is 7.30. The Hall–Kier alpha value is -0.770. The number of anilines is 1. The van der Waals surface area contributed by atoms with Crippen LogP contribution >= 0.6 is 23.2 Å². The molecule has 0 heterocycles. The summed E-state index contributed by atoms with van der Waals surface area (Å²) in [7, 11) is 0. The van der Waals surface area contributed by atoms with E-state index in [0.717, 1.165) is 6.42 Å². The summed E-state index contributed by atoms with van der Waals surface area (Å²) in [5.74, 6) is 0.318. The molecular weight excluding hydrogens is 297 g/mol. The maximum absolute atomic E-state index is 11.9. The maximum Gasteiger partial charge on any atom is 0.250 e.